The van der Waals surface area contributed by atoms with E-state index in [0.717, 1.165) is 22.4 Å². The average molecular weight is 480 g/mol. The first-order chi connectivity index (χ1) is 15.6. The van der Waals surface area contributed by atoms with Crippen molar-refractivity contribution in [2.75, 3.05) is 0 Å². The molecular weight excluding hydrogens is 463 g/mol. The Morgan fingerprint density at radius 3 is 2.41 bits per heavy atom. The van der Waals surface area contributed by atoms with Crippen molar-refractivity contribution in [3.05, 3.63) is 111 Å². The maximum atomic E-state index is 6.55. The normalized spacial score (nSPS) is 19.3. The van der Waals surface area contributed by atoms with E-state index in [1.807, 2.05) is 47.5 Å². The fourth-order valence-electron chi connectivity index (χ4n) is 4.54. The molecule has 158 valence electrons. The number of benzene rings is 4. The number of halogens is 3. The minimum atomic E-state index is -0.488. The highest BCUT2D eigenvalue weighted by Gasteiger charge is 2.42. The van der Waals surface area contributed by atoms with E-state index < -0.39 is 6.23 Å². The lowest BCUT2D eigenvalue weighted by Crippen LogP contribution is -2.34. The Morgan fingerprint density at radius 2 is 1.56 bits per heavy atom. The van der Waals surface area contributed by atoms with E-state index in [9.17, 15) is 0 Å². The van der Waals surface area contributed by atoms with Crippen LogP contribution in [0.25, 0.3) is 10.8 Å². The number of hydrazone groups is 1. The monoisotopic (exact) mass is 478 g/mol. The van der Waals surface area contributed by atoms with E-state index in [1.54, 1.807) is 6.07 Å². The molecule has 0 aliphatic carbocycles. The molecule has 0 saturated heterocycles. The zero-order valence-electron chi connectivity index (χ0n) is 16.8. The van der Waals surface area contributed by atoms with Crippen LogP contribution < -0.4 is 4.74 Å². The van der Waals surface area contributed by atoms with Crippen LogP contribution >= 0.6 is 34.8 Å². The molecule has 0 spiro atoms. The minimum absolute atomic E-state index is 0.0577. The van der Waals surface area contributed by atoms with Gasteiger partial charge in [-0.2, -0.15) is 5.10 Å². The highest BCUT2D eigenvalue weighted by Crippen LogP contribution is 2.51. The highest BCUT2D eigenvalue weighted by molar-refractivity contribution is 6.35. The third-order valence-corrected chi connectivity index (χ3v) is 6.91. The summed E-state index contributed by atoms with van der Waals surface area (Å²) >= 11 is 19.5. The third-order valence-electron chi connectivity index (χ3n) is 6.06. The number of ether oxygens (including phenoxy) is 1. The molecule has 32 heavy (non-hydrogen) atoms. The van der Waals surface area contributed by atoms with Crippen LogP contribution in [-0.2, 0) is 0 Å². The second kappa shape index (κ2) is 7.70. The van der Waals surface area contributed by atoms with Crippen LogP contribution in [0.3, 0.4) is 0 Å². The average Bonchev–Trinajstić information content (AvgIpc) is 3.25. The molecular formula is C26H17Cl3N2O. The largest absolute Gasteiger partial charge is 0.463 e. The molecule has 2 aliphatic rings. The first-order valence-corrected chi connectivity index (χ1v) is 11.5. The standard InChI is InChI=1S/C26H17Cl3N2O/c27-18-12-20-24-14-23(17-10-9-15-5-1-2-6-16(15)11-17)30-31(24)26(32-25(20)22(29)13-18)19-7-3-4-8-21(19)28/h1-13,24,26H,14H2. The van der Waals surface area contributed by atoms with Crippen LogP contribution in [0.15, 0.2) is 84.0 Å². The van der Waals surface area contributed by atoms with Gasteiger partial charge in [-0.25, -0.2) is 5.01 Å². The second-order valence-electron chi connectivity index (χ2n) is 8.01. The van der Waals surface area contributed by atoms with Gasteiger partial charge in [0.15, 0.2) is 0 Å². The van der Waals surface area contributed by atoms with Crippen molar-refractivity contribution < 1.29 is 4.74 Å². The van der Waals surface area contributed by atoms with Gasteiger partial charge in [0.2, 0.25) is 6.23 Å². The van der Waals surface area contributed by atoms with Gasteiger partial charge in [-0.3, -0.25) is 0 Å². The van der Waals surface area contributed by atoms with Crippen molar-refractivity contribution in [3.63, 3.8) is 0 Å². The van der Waals surface area contributed by atoms with Crippen LogP contribution in [0.5, 0.6) is 5.75 Å². The van der Waals surface area contributed by atoms with Gasteiger partial charge in [-0.15, -0.1) is 0 Å². The summed E-state index contributed by atoms with van der Waals surface area (Å²) in [5, 5.41) is 11.1. The van der Waals surface area contributed by atoms with Crippen molar-refractivity contribution in [3.8, 4) is 5.75 Å². The molecule has 0 radical (unpaired) electrons. The van der Waals surface area contributed by atoms with E-state index >= 15 is 0 Å². The summed E-state index contributed by atoms with van der Waals surface area (Å²) in [4.78, 5) is 0. The molecule has 2 atom stereocenters. The van der Waals surface area contributed by atoms with Gasteiger partial charge in [0.05, 0.1) is 16.8 Å². The van der Waals surface area contributed by atoms with E-state index in [2.05, 4.69) is 30.3 Å². The van der Waals surface area contributed by atoms with E-state index in [-0.39, 0.29) is 6.04 Å². The van der Waals surface area contributed by atoms with Crippen molar-refractivity contribution in [1.29, 1.82) is 0 Å². The Morgan fingerprint density at radius 1 is 0.781 bits per heavy atom. The quantitative estimate of drug-likeness (QED) is 0.290. The van der Waals surface area contributed by atoms with Gasteiger partial charge in [0.1, 0.15) is 5.75 Å². The lowest BCUT2D eigenvalue weighted by molar-refractivity contribution is -0.0188. The Balaban J connectivity index is 1.49. The predicted octanol–water partition coefficient (Wildman–Crippen LogP) is 8.04. The molecule has 0 N–H and O–H groups in total. The Hall–Kier alpha value is -2.72. The fourth-order valence-corrected chi connectivity index (χ4v) is 5.32. The van der Waals surface area contributed by atoms with E-state index in [4.69, 9.17) is 44.6 Å². The van der Waals surface area contributed by atoms with Gasteiger partial charge < -0.3 is 4.74 Å². The van der Waals surface area contributed by atoms with Gasteiger partial charge in [0, 0.05) is 27.6 Å². The third kappa shape index (κ3) is 3.24. The van der Waals surface area contributed by atoms with Crippen LogP contribution in [0.4, 0.5) is 0 Å². The van der Waals surface area contributed by atoms with E-state index in [1.165, 1.54) is 10.8 Å². The predicted molar refractivity (Wildman–Crippen MR) is 131 cm³/mol. The number of nitrogens with zero attached hydrogens (tertiary/aromatic N) is 2. The Labute approximate surface area is 200 Å². The van der Waals surface area contributed by atoms with Crippen LogP contribution in [0, 0.1) is 0 Å². The fraction of sp³-hybridized carbons (Fsp3) is 0.115. The molecule has 0 bridgehead atoms. The van der Waals surface area contributed by atoms with Gasteiger partial charge in [-0.1, -0.05) is 89.4 Å². The summed E-state index contributed by atoms with van der Waals surface area (Å²) in [5.74, 6) is 0.636. The van der Waals surface area contributed by atoms with Crippen LogP contribution in [-0.4, -0.2) is 10.7 Å². The number of fused-ring (bicyclic) bond motifs is 4. The maximum absolute atomic E-state index is 6.55. The molecule has 0 amide bonds. The molecule has 2 aliphatic heterocycles. The number of hydrogen-bond acceptors (Lipinski definition) is 3. The molecule has 3 nitrogen and oxygen atoms in total. The lowest BCUT2D eigenvalue weighted by Gasteiger charge is -2.38. The molecule has 0 fully saturated rings. The lowest BCUT2D eigenvalue weighted by atomic mass is 9.95. The summed E-state index contributed by atoms with van der Waals surface area (Å²) < 4.78 is 6.40. The number of rotatable bonds is 2. The topological polar surface area (TPSA) is 24.8 Å². The Bertz CT molecular complexity index is 1400. The summed E-state index contributed by atoms with van der Waals surface area (Å²) in [7, 11) is 0. The Kier molecular flexibility index (Phi) is 4.80. The molecule has 0 aromatic heterocycles. The molecule has 2 unspecified atom stereocenters. The smallest absolute Gasteiger partial charge is 0.215 e. The summed E-state index contributed by atoms with van der Waals surface area (Å²) in [6.45, 7) is 0. The molecule has 2 heterocycles. The summed E-state index contributed by atoms with van der Waals surface area (Å²) in [6, 6.07) is 26.0. The minimum Gasteiger partial charge on any atom is -0.463 e. The van der Waals surface area contributed by atoms with Gasteiger partial charge in [-0.05, 0) is 40.6 Å². The number of hydrogen-bond donors (Lipinski definition) is 0. The van der Waals surface area contributed by atoms with Crippen LogP contribution in [0.2, 0.25) is 15.1 Å². The van der Waals surface area contributed by atoms with Crippen molar-refractivity contribution >= 4 is 51.3 Å². The summed E-state index contributed by atoms with van der Waals surface area (Å²) in [6.07, 6.45) is 0.226. The van der Waals surface area contributed by atoms with Crippen molar-refractivity contribution in [1.82, 2.24) is 5.01 Å². The second-order valence-corrected chi connectivity index (χ2v) is 9.26. The first-order valence-electron chi connectivity index (χ1n) is 10.3. The molecule has 4 aromatic rings. The molecule has 6 heteroatoms. The van der Waals surface area contributed by atoms with Gasteiger partial charge in [0.25, 0.3) is 0 Å². The van der Waals surface area contributed by atoms with Crippen molar-refractivity contribution in [2.45, 2.75) is 18.7 Å². The van der Waals surface area contributed by atoms with Crippen LogP contribution in [0.1, 0.15) is 35.4 Å². The SMILES string of the molecule is Clc1cc(Cl)c2c(c1)C1CC(c3ccc4ccccc4c3)=NN1C(c1ccccc1Cl)O2. The zero-order chi connectivity index (χ0) is 21.8. The van der Waals surface area contributed by atoms with E-state index in [0.29, 0.717) is 27.2 Å². The maximum Gasteiger partial charge on any atom is 0.215 e. The summed E-state index contributed by atoms with van der Waals surface area (Å²) in [5.41, 5.74) is 3.86. The highest BCUT2D eigenvalue weighted by atomic mass is 35.5. The first kappa shape index (κ1) is 19.9. The zero-order valence-corrected chi connectivity index (χ0v) is 19.1. The molecule has 6 rings (SSSR count). The van der Waals surface area contributed by atoms with Crippen molar-refractivity contribution in [2.24, 2.45) is 5.10 Å². The van der Waals surface area contributed by atoms with Gasteiger partial charge >= 0.3 is 0 Å². The molecule has 0 saturated carbocycles. The molecule has 4 aromatic carbocycles.